The lowest BCUT2D eigenvalue weighted by Crippen LogP contribution is -2.24. The minimum absolute atomic E-state index is 0.0504. The van der Waals surface area contributed by atoms with Crippen molar-refractivity contribution in [2.24, 2.45) is 0 Å². The number of carbonyl (C=O) groups excluding carboxylic acids is 2. The Labute approximate surface area is 161 Å². The van der Waals surface area contributed by atoms with Crippen molar-refractivity contribution >= 4 is 23.6 Å². The minimum atomic E-state index is -0.602. The molecule has 2 aromatic carbocycles. The van der Waals surface area contributed by atoms with Gasteiger partial charge in [-0.2, -0.15) is 0 Å². The molecule has 2 aromatic rings. The summed E-state index contributed by atoms with van der Waals surface area (Å²) in [5.74, 6) is -0.922. The molecule has 0 aromatic heterocycles. The number of methoxy groups -OCH3 is 1. The van der Waals surface area contributed by atoms with Crippen LogP contribution in [0.3, 0.4) is 0 Å². The fourth-order valence-corrected chi connectivity index (χ4v) is 3.04. The van der Waals surface area contributed by atoms with E-state index in [-0.39, 0.29) is 22.7 Å². The molecule has 142 valence electrons. The van der Waals surface area contributed by atoms with Gasteiger partial charge in [-0.1, -0.05) is 30.3 Å². The van der Waals surface area contributed by atoms with E-state index < -0.39 is 10.9 Å². The number of nitro benzene ring substituents is 1. The van der Waals surface area contributed by atoms with Crippen molar-refractivity contribution in [3.63, 3.8) is 0 Å². The Hall–Kier alpha value is -3.74. The molecule has 1 heterocycles. The monoisotopic (exact) mass is 378 g/mol. The smallest absolute Gasteiger partial charge is 0.340 e. The molecule has 0 aliphatic carbocycles. The molecular weight excluding hydrogens is 360 g/mol. The number of esters is 1. The summed E-state index contributed by atoms with van der Waals surface area (Å²) >= 11 is 0. The highest BCUT2D eigenvalue weighted by Gasteiger charge is 2.36. The summed E-state index contributed by atoms with van der Waals surface area (Å²) < 4.78 is 4.86. The minimum Gasteiger partial charge on any atom is -0.465 e. The number of hydrogen-bond acceptors (Lipinski definition) is 5. The molecule has 7 nitrogen and oxygen atoms in total. The molecular formula is C21H18N2O5. The van der Waals surface area contributed by atoms with Gasteiger partial charge in [0, 0.05) is 17.8 Å². The first-order valence-electron chi connectivity index (χ1n) is 8.54. The third-order valence-corrected chi connectivity index (χ3v) is 4.50. The Morgan fingerprint density at radius 3 is 2.36 bits per heavy atom. The molecule has 0 bridgehead atoms. The Kier molecular flexibility index (Phi) is 5.35. The maximum atomic E-state index is 13.0. The van der Waals surface area contributed by atoms with Gasteiger partial charge in [0.1, 0.15) is 0 Å². The van der Waals surface area contributed by atoms with Crippen LogP contribution in [-0.4, -0.2) is 28.8 Å². The molecule has 0 saturated carbocycles. The van der Waals surface area contributed by atoms with E-state index in [0.717, 1.165) is 5.56 Å². The van der Waals surface area contributed by atoms with Gasteiger partial charge in [0.15, 0.2) is 0 Å². The molecule has 0 spiro atoms. The Morgan fingerprint density at radius 2 is 1.79 bits per heavy atom. The number of nitro groups is 1. The van der Waals surface area contributed by atoms with Crippen LogP contribution in [0.15, 0.2) is 71.4 Å². The molecule has 0 atom stereocenters. The predicted molar refractivity (Wildman–Crippen MR) is 103 cm³/mol. The number of ether oxygens (including phenoxy) is 1. The van der Waals surface area contributed by atoms with Crippen LogP contribution in [0.4, 0.5) is 5.69 Å². The van der Waals surface area contributed by atoms with E-state index in [1.54, 1.807) is 13.0 Å². The third-order valence-electron chi connectivity index (χ3n) is 4.50. The zero-order chi connectivity index (χ0) is 20.3. The molecule has 7 heteroatoms. The summed E-state index contributed by atoms with van der Waals surface area (Å²) in [6.07, 6.45) is 1.55. The predicted octanol–water partition coefficient (Wildman–Crippen LogP) is 3.47. The summed E-state index contributed by atoms with van der Waals surface area (Å²) in [5, 5.41) is 10.8. The maximum Gasteiger partial charge on any atom is 0.340 e. The van der Waals surface area contributed by atoms with Gasteiger partial charge in [0.2, 0.25) is 0 Å². The van der Waals surface area contributed by atoms with Crippen LogP contribution in [0.25, 0.3) is 6.08 Å². The van der Waals surface area contributed by atoms with Crippen molar-refractivity contribution in [2.75, 3.05) is 7.11 Å². The van der Waals surface area contributed by atoms with Crippen molar-refractivity contribution < 1.29 is 19.2 Å². The van der Waals surface area contributed by atoms with Crippen molar-refractivity contribution in [1.82, 2.24) is 4.90 Å². The molecule has 1 amide bonds. The normalized spacial score (nSPS) is 15.3. The van der Waals surface area contributed by atoms with Gasteiger partial charge in [-0.15, -0.1) is 0 Å². The van der Waals surface area contributed by atoms with Crippen LogP contribution in [0, 0.1) is 10.1 Å². The molecule has 0 radical (unpaired) electrons. The molecule has 3 rings (SSSR count). The number of hydrogen-bond donors (Lipinski definition) is 0. The van der Waals surface area contributed by atoms with Crippen molar-refractivity contribution in [2.45, 2.75) is 13.5 Å². The lowest BCUT2D eigenvalue weighted by Gasteiger charge is -2.17. The first-order chi connectivity index (χ1) is 13.4. The van der Waals surface area contributed by atoms with Gasteiger partial charge >= 0.3 is 5.97 Å². The fraction of sp³-hybridized carbons (Fsp3) is 0.143. The Balaban J connectivity index is 2.00. The molecule has 0 N–H and O–H groups in total. The summed E-state index contributed by atoms with van der Waals surface area (Å²) in [6, 6.07) is 15.2. The van der Waals surface area contributed by atoms with Gasteiger partial charge in [-0.05, 0) is 36.3 Å². The summed E-state index contributed by atoms with van der Waals surface area (Å²) in [7, 11) is 1.26. The van der Waals surface area contributed by atoms with Crippen LogP contribution in [-0.2, 0) is 20.9 Å². The van der Waals surface area contributed by atoms with Crippen LogP contribution in [0.5, 0.6) is 0 Å². The first-order valence-corrected chi connectivity index (χ1v) is 8.54. The van der Waals surface area contributed by atoms with Crippen LogP contribution in [0.2, 0.25) is 0 Å². The lowest BCUT2D eigenvalue weighted by molar-refractivity contribution is -0.384. The SMILES string of the molecule is COC(=O)C1=C(C)N(Cc2ccccc2)C(=O)C1=Cc1ccc([N+](=O)[O-])cc1. The van der Waals surface area contributed by atoms with Crippen LogP contribution < -0.4 is 0 Å². The highest BCUT2D eigenvalue weighted by Crippen LogP contribution is 2.33. The fourth-order valence-electron chi connectivity index (χ4n) is 3.04. The molecule has 0 saturated heterocycles. The highest BCUT2D eigenvalue weighted by molar-refractivity contribution is 6.16. The second-order valence-electron chi connectivity index (χ2n) is 6.24. The van der Waals surface area contributed by atoms with E-state index in [9.17, 15) is 19.7 Å². The molecule has 1 aliphatic heterocycles. The summed E-state index contributed by atoms with van der Waals surface area (Å²) in [4.78, 5) is 37.2. The van der Waals surface area contributed by atoms with Gasteiger partial charge in [0.05, 0.1) is 29.7 Å². The standard InChI is InChI=1S/C21H18N2O5/c1-14-19(21(25)28-2)18(12-15-8-10-17(11-9-15)23(26)27)20(24)22(14)13-16-6-4-3-5-7-16/h3-12H,13H2,1-2H3. The Morgan fingerprint density at radius 1 is 1.14 bits per heavy atom. The van der Waals surface area contributed by atoms with E-state index in [2.05, 4.69) is 0 Å². The number of amides is 1. The quantitative estimate of drug-likeness (QED) is 0.344. The second kappa shape index (κ2) is 7.87. The van der Waals surface area contributed by atoms with E-state index in [4.69, 9.17) is 4.74 Å². The molecule has 1 aliphatic rings. The van der Waals surface area contributed by atoms with Gasteiger partial charge in [0.25, 0.3) is 11.6 Å². The van der Waals surface area contributed by atoms with E-state index in [1.165, 1.54) is 36.3 Å². The van der Waals surface area contributed by atoms with Gasteiger partial charge in [-0.25, -0.2) is 4.79 Å². The lowest BCUT2D eigenvalue weighted by atomic mass is 10.0. The van der Waals surface area contributed by atoms with Crippen molar-refractivity contribution in [1.29, 1.82) is 0 Å². The van der Waals surface area contributed by atoms with Crippen molar-refractivity contribution in [3.05, 3.63) is 92.7 Å². The topological polar surface area (TPSA) is 89.8 Å². The van der Waals surface area contributed by atoms with E-state index >= 15 is 0 Å². The molecule has 28 heavy (non-hydrogen) atoms. The Bertz CT molecular complexity index is 991. The number of benzene rings is 2. The largest absolute Gasteiger partial charge is 0.465 e. The van der Waals surface area contributed by atoms with Crippen LogP contribution in [0.1, 0.15) is 18.1 Å². The van der Waals surface area contributed by atoms with Crippen molar-refractivity contribution in [3.8, 4) is 0 Å². The first kappa shape index (κ1) is 19.0. The van der Waals surface area contributed by atoms with Gasteiger partial charge < -0.3 is 9.64 Å². The number of carbonyl (C=O) groups is 2. The summed E-state index contributed by atoms with van der Waals surface area (Å²) in [5.41, 5.74) is 2.36. The molecule has 0 unspecified atom stereocenters. The summed E-state index contributed by atoms with van der Waals surface area (Å²) in [6.45, 7) is 2.02. The number of non-ortho nitro benzene ring substituents is 1. The average Bonchev–Trinajstić information content (AvgIpc) is 2.93. The number of allylic oxidation sites excluding steroid dienone is 1. The van der Waals surface area contributed by atoms with Crippen LogP contribution >= 0.6 is 0 Å². The zero-order valence-corrected chi connectivity index (χ0v) is 15.4. The number of rotatable bonds is 5. The third kappa shape index (κ3) is 3.68. The molecule has 0 fully saturated rings. The highest BCUT2D eigenvalue weighted by atomic mass is 16.6. The second-order valence-corrected chi connectivity index (χ2v) is 6.24. The van der Waals surface area contributed by atoms with E-state index in [1.807, 2.05) is 30.3 Å². The zero-order valence-electron chi connectivity index (χ0n) is 15.4. The van der Waals surface area contributed by atoms with Gasteiger partial charge in [-0.3, -0.25) is 14.9 Å². The number of nitrogens with zero attached hydrogens (tertiary/aromatic N) is 2. The van der Waals surface area contributed by atoms with E-state index in [0.29, 0.717) is 17.8 Å². The average molecular weight is 378 g/mol. The maximum absolute atomic E-state index is 13.0.